The van der Waals surface area contributed by atoms with Gasteiger partial charge in [-0.15, -0.1) is 0 Å². The van der Waals surface area contributed by atoms with E-state index in [9.17, 15) is 0 Å². The SMILES string of the molecule is CC(C)(c1ncccc1-c1ccccc1)c1ncccc1-c1ccccc1.[Pt+2].[Pt+2]. The monoisotopic (exact) mass is 740 g/mol. The molecule has 0 unspecified atom stereocenters. The molecule has 148 valence electrons. The van der Waals surface area contributed by atoms with Crippen molar-refractivity contribution in [1.82, 2.24) is 9.97 Å². The van der Waals surface area contributed by atoms with Gasteiger partial charge in [0.05, 0.1) is 16.8 Å². The van der Waals surface area contributed by atoms with Crippen molar-refractivity contribution >= 4 is 0 Å². The van der Waals surface area contributed by atoms with Gasteiger partial charge in [-0.05, 0) is 37.1 Å². The third kappa shape index (κ3) is 4.82. The van der Waals surface area contributed by atoms with Crippen molar-refractivity contribution in [3.63, 3.8) is 0 Å². The van der Waals surface area contributed by atoms with Crippen LogP contribution in [0.5, 0.6) is 0 Å². The molecule has 2 aromatic carbocycles. The van der Waals surface area contributed by atoms with Crippen molar-refractivity contribution in [2.45, 2.75) is 19.3 Å². The second-order valence-corrected chi connectivity index (χ2v) is 7.16. The van der Waals surface area contributed by atoms with Gasteiger partial charge in [0.15, 0.2) is 0 Å². The smallest absolute Gasteiger partial charge is 0.260 e. The van der Waals surface area contributed by atoms with Gasteiger partial charge in [-0.2, -0.15) is 0 Å². The summed E-state index contributed by atoms with van der Waals surface area (Å²) in [5.41, 5.74) is 6.36. The Morgan fingerprint density at radius 2 is 0.897 bits per heavy atom. The van der Waals surface area contributed by atoms with E-state index in [1.807, 2.05) is 36.7 Å². The van der Waals surface area contributed by atoms with Crippen molar-refractivity contribution in [3.8, 4) is 22.3 Å². The van der Waals surface area contributed by atoms with Crippen LogP contribution in [0.4, 0.5) is 0 Å². The van der Waals surface area contributed by atoms with Gasteiger partial charge in [0.2, 0.25) is 0 Å². The second-order valence-electron chi connectivity index (χ2n) is 7.16. The van der Waals surface area contributed by atoms with E-state index in [0.717, 1.165) is 22.5 Å². The van der Waals surface area contributed by atoms with Crippen LogP contribution in [0, 0.1) is 0 Å². The number of pyridine rings is 2. The zero-order chi connectivity index (χ0) is 18.7. The van der Waals surface area contributed by atoms with E-state index in [-0.39, 0.29) is 47.5 Å². The molecule has 0 saturated carbocycles. The summed E-state index contributed by atoms with van der Waals surface area (Å²) < 4.78 is 0. The molecule has 0 bridgehead atoms. The van der Waals surface area contributed by atoms with Crippen molar-refractivity contribution in [1.29, 1.82) is 0 Å². The Kier molecular flexibility index (Phi) is 8.26. The van der Waals surface area contributed by atoms with Crippen LogP contribution >= 0.6 is 0 Å². The van der Waals surface area contributed by atoms with Crippen LogP contribution in [0.2, 0.25) is 0 Å². The summed E-state index contributed by atoms with van der Waals surface area (Å²) in [6.07, 6.45) is 3.74. The Morgan fingerprint density at radius 3 is 1.28 bits per heavy atom. The van der Waals surface area contributed by atoms with E-state index in [0.29, 0.717) is 0 Å². The molecular formula is C25H22N2Pt2+4. The van der Waals surface area contributed by atoms with E-state index >= 15 is 0 Å². The van der Waals surface area contributed by atoms with E-state index in [1.165, 1.54) is 11.1 Å². The van der Waals surface area contributed by atoms with E-state index in [2.05, 4.69) is 74.5 Å². The quantitative estimate of drug-likeness (QED) is 0.252. The summed E-state index contributed by atoms with van der Waals surface area (Å²) in [5.74, 6) is 0. The third-order valence-corrected chi connectivity index (χ3v) is 4.97. The minimum atomic E-state index is -0.348. The maximum atomic E-state index is 4.80. The molecule has 4 aromatic rings. The van der Waals surface area contributed by atoms with Crippen molar-refractivity contribution in [3.05, 3.63) is 109 Å². The molecule has 0 amide bonds. The largest absolute Gasteiger partial charge is 2.00 e. The molecule has 2 nitrogen and oxygen atoms in total. The maximum Gasteiger partial charge on any atom is 2.00 e. The molecule has 0 radical (unpaired) electrons. The van der Waals surface area contributed by atoms with Gasteiger partial charge in [-0.25, -0.2) is 0 Å². The van der Waals surface area contributed by atoms with Crippen molar-refractivity contribution < 1.29 is 42.1 Å². The molecule has 29 heavy (non-hydrogen) atoms. The van der Waals surface area contributed by atoms with E-state index < -0.39 is 0 Å². The predicted molar refractivity (Wildman–Crippen MR) is 111 cm³/mol. The summed E-state index contributed by atoms with van der Waals surface area (Å²) in [4.78, 5) is 9.60. The van der Waals surface area contributed by atoms with Gasteiger partial charge in [0.25, 0.3) is 0 Å². The molecule has 0 atom stereocenters. The van der Waals surface area contributed by atoms with Crippen molar-refractivity contribution in [2.75, 3.05) is 0 Å². The number of benzene rings is 2. The van der Waals surface area contributed by atoms with Crippen LogP contribution in [-0.2, 0) is 47.5 Å². The fraction of sp³-hybridized carbons (Fsp3) is 0.120. The summed E-state index contributed by atoms with van der Waals surface area (Å²) in [5, 5.41) is 0. The Bertz CT molecular complexity index is 963. The Hall–Kier alpha value is -1.88. The minimum Gasteiger partial charge on any atom is -0.260 e. The van der Waals surface area contributed by atoms with Crippen LogP contribution in [-0.4, -0.2) is 9.97 Å². The molecule has 2 heterocycles. The van der Waals surface area contributed by atoms with Gasteiger partial charge in [-0.1, -0.05) is 72.8 Å². The van der Waals surface area contributed by atoms with E-state index in [1.54, 1.807) is 0 Å². The third-order valence-electron chi connectivity index (χ3n) is 4.97. The molecule has 0 N–H and O–H groups in total. The van der Waals surface area contributed by atoms with Gasteiger partial charge in [-0.3, -0.25) is 9.97 Å². The summed E-state index contributed by atoms with van der Waals surface area (Å²) in [7, 11) is 0. The van der Waals surface area contributed by atoms with Crippen LogP contribution in [0.15, 0.2) is 97.3 Å². The Morgan fingerprint density at radius 1 is 0.517 bits per heavy atom. The molecule has 0 aliphatic carbocycles. The fourth-order valence-electron chi connectivity index (χ4n) is 3.62. The second kappa shape index (κ2) is 10.2. The average Bonchev–Trinajstić information content (AvgIpc) is 2.75. The van der Waals surface area contributed by atoms with E-state index in [4.69, 9.17) is 9.97 Å². The first-order valence-electron chi connectivity index (χ1n) is 9.20. The molecule has 0 fully saturated rings. The Balaban J connectivity index is 0.00000150. The standard InChI is InChI=1S/C25H22N2.2Pt/c1-25(2,23-21(15-9-17-26-23)19-11-5-3-6-12-19)24-22(16-10-18-27-24)20-13-7-4-8-14-20;;/h3-18H,1-2H3;;/q;2*+2. The first-order valence-corrected chi connectivity index (χ1v) is 9.20. The van der Waals surface area contributed by atoms with Crippen molar-refractivity contribution in [2.24, 2.45) is 0 Å². The van der Waals surface area contributed by atoms with Crippen LogP contribution in [0.1, 0.15) is 25.2 Å². The van der Waals surface area contributed by atoms with Gasteiger partial charge in [0.1, 0.15) is 0 Å². The zero-order valence-corrected chi connectivity index (χ0v) is 20.8. The molecule has 4 heteroatoms. The minimum absolute atomic E-state index is 0. The molecule has 2 aromatic heterocycles. The number of hydrogen-bond donors (Lipinski definition) is 0. The number of aromatic nitrogens is 2. The molecule has 0 aliphatic rings. The number of rotatable bonds is 4. The Labute approximate surface area is 201 Å². The number of hydrogen-bond acceptors (Lipinski definition) is 2. The molecule has 0 spiro atoms. The topological polar surface area (TPSA) is 25.8 Å². The van der Waals surface area contributed by atoms with Gasteiger partial charge < -0.3 is 0 Å². The first kappa shape index (κ1) is 23.4. The van der Waals surface area contributed by atoms with Gasteiger partial charge >= 0.3 is 42.1 Å². The molecule has 0 aliphatic heterocycles. The molecule has 0 saturated heterocycles. The zero-order valence-electron chi connectivity index (χ0n) is 16.3. The summed E-state index contributed by atoms with van der Waals surface area (Å²) in [6, 6.07) is 29.1. The summed E-state index contributed by atoms with van der Waals surface area (Å²) >= 11 is 0. The van der Waals surface area contributed by atoms with Crippen LogP contribution in [0.3, 0.4) is 0 Å². The van der Waals surface area contributed by atoms with Gasteiger partial charge in [0, 0.05) is 23.5 Å². The fourth-order valence-corrected chi connectivity index (χ4v) is 3.62. The first-order chi connectivity index (χ1) is 13.2. The van der Waals surface area contributed by atoms with Crippen LogP contribution in [0.25, 0.3) is 22.3 Å². The molecule has 4 rings (SSSR count). The normalized spacial score (nSPS) is 10.6. The predicted octanol–water partition coefficient (Wildman–Crippen LogP) is 6.13. The summed E-state index contributed by atoms with van der Waals surface area (Å²) in [6.45, 7) is 4.41. The van der Waals surface area contributed by atoms with Crippen LogP contribution < -0.4 is 0 Å². The number of nitrogens with zero attached hydrogens (tertiary/aromatic N) is 2. The maximum absolute atomic E-state index is 4.80. The molecular weight excluding hydrogens is 718 g/mol. The average molecular weight is 741 g/mol.